The molecule has 1 fully saturated rings. The minimum absolute atomic E-state index is 0.165. The van der Waals surface area contributed by atoms with Crippen LogP contribution in [0.3, 0.4) is 0 Å². The van der Waals surface area contributed by atoms with E-state index in [4.69, 9.17) is 15.2 Å². The predicted molar refractivity (Wildman–Crippen MR) is 89.2 cm³/mol. The first kappa shape index (κ1) is 16.3. The fourth-order valence-electron chi connectivity index (χ4n) is 2.52. The zero-order valence-electron chi connectivity index (χ0n) is 13.7. The lowest BCUT2D eigenvalue weighted by Gasteiger charge is -2.12. The van der Waals surface area contributed by atoms with Gasteiger partial charge in [0.15, 0.2) is 11.5 Å². The van der Waals surface area contributed by atoms with Gasteiger partial charge < -0.3 is 25.1 Å². The lowest BCUT2D eigenvalue weighted by Crippen LogP contribution is -2.24. The zero-order valence-corrected chi connectivity index (χ0v) is 13.7. The summed E-state index contributed by atoms with van der Waals surface area (Å²) in [6.07, 6.45) is 5.98. The average Bonchev–Trinajstić information content (AvgIpc) is 3.35. The number of nitrogens with zero attached hydrogens (tertiary/aromatic N) is 2. The van der Waals surface area contributed by atoms with Crippen molar-refractivity contribution < 1.29 is 14.3 Å². The Morgan fingerprint density at radius 3 is 2.96 bits per heavy atom. The molecule has 0 atom stereocenters. The number of ether oxygens (including phenoxy) is 2. The molecule has 1 heterocycles. The van der Waals surface area contributed by atoms with Crippen LogP contribution in [0.5, 0.6) is 11.5 Å². The summed E-state index contributed by atoms with van der Waals surface area (Å²) in [6.45, 7) is 1.26. The van der Waals surface area contributed by atoms with Gasteiger partial charge in [-0.25, -0.2) is 4.98 Å². The number of carbonyl (C=O) groups is 1. The summed E-state index contributed by atoms with van der Waals surface area (Å²) in [5, 5.41) is 2.92. The molecular weight excluding hydrogens is 308 g/mol. The molecule has 0 spiro atoms. The molecule has 7 nitrogen and oxygen atoms in total. The minimum Gasteiger partial charge on any atom is -0.493 e. The van der Waals surface area contributed by atoms with Gasteiger partial charge >= 0.3 is 0 Å². The van der Waals surface area contributed by atoms with Crippen LogP contribution in [0.1, 0.15) is 34.9 Å². The number of aromatic nitrogens is 2. The standard InChI is InChI=1S/C17H22N4O3/c1-23-16-8-12(2-5-15(16)24-7-6-18)17(22)20-10-14-9-19-11-21(14)13-3-4-13/h2,5,8-9,11,13H,3-4,6-7,10,18H2,1H3,(H,20,22). The summed E-state index contributed by atoms with van der Waals surface area (Å²) >= 11 is 0. The summed E-state index contributed by atoms with van der Waals surface area (Å²) in [4.78, 5) is 16.5. The molecule has 3 rings (SSSR count). The van der Waals surface area contributed by atoms with E-state index >= 15 is 0 Å². The SMILES string of the molecule is COc1cc(C(=O)NCc2cncn2C2CC2)ccc1OCCN. The third-order valence-electron chi connectivity index (χ3n) is 3.92. The maximum atomic E-state index is 12.4. The number of benzene rings is 1. The molecule has 0 radical (unpaired) electrons. The molecule has 1 aliphatic carbocycles. The molecule has 128 valence electrons. The van der Waals surface area contributed by atoms with E-state index in [0.717, 1.165) is 5.69 Å². The second kappa shape index (κ2) is 7.35. The highest BCUT2D eigenvalue weighted by Crippen LogP contribution is 2.35. The Hall–Kier alpha value is -2.54. The number of rotatable bonds is 8. The van der Waals surface area contributed by atoms with Gasteiger partial charge in [-0.05, 0) is 31.0 Å². The number of nitrogens with one attached hydrogen (secondary N) is 1. The molecule has 1 aromatic carbocycles. The third-order valence-corrected chi connectivity index (χ3v) is 3.92. The van der Waals surface area contributed by atoms with E-state index in [-0.39, 0.29) is 5.91 Å². The van der Waals surface area contributed by atoms with E-state index in [9.17, 15) is 4.79 Å². The topological polar surface area (TPSA) is 91.4 Å². The van der Waals surface area contributed by atoms with E-state index in [2.05, 4.69) is 14.9 Å². The summed E-state index contributed by atoms with van der Waals surface area (Å²) in [7, 11) is 1.54. The summed E-state index contributed by atoms with van der Waals surface area (Å²) < 4.78 is 12.9. The largest absolute Gasteiger partial charge is 0.493 e. The van der Waals surface area contributed by atoms with Crippen molar-refractivity contribution in [1.29, 1.82) is 0 Å². The minimum atomic E-state index is -0.165. The zero-order chi connectivity index (χ0) is 16.9. The Morgan fingerprint density at radius 2 is 2.25 bits per heavy atom. The van der Waals surface area contributed by atoms with Crippen molar-refractivity contribution in [2.75, 3.05) is 20.3 Å². The fraction of sp³-hybridized carbons (Fsp3) is 0.412. The van der Waals surface area contributed by atoms with Crippen molar-refractivity contribution in [3.05, 3.63) is 42.0 Å². The molecule has 1 aromatic heterocycles. The van der Waals surface area contributed by atoms with E-state index in [1.165, 1.54) is 12.8 Å². The normalized spacial score (nSPS) is 13.6. The molecule has 3 N–H and O–H groups in total. The van der Waals surface area contributed by atoms with Crippen LogP contribution < -0.4 is 20.5 Å². The predicted octanol–water partition coefficient (Wildman–Crippen LogP) is 1.49. The quantitative estimate of drug-likeness (QED) is 0.765. The van der Waals surface area contributed by atoms with Crippen LogP contribution in [-0.2, 0) is 6.54 Å². The number of amides is 1. The van der Waals surface area contributed by atoms with Crippen molar-refractivity contribution in [2.45, 2.75) is 25.4 Å². The second-order valence-corrected chi connectivity index (χ2v) is 5.71. The number of imidazole rings is 1. The monoisotopic (exact) mass is 330 g/mol. The molecule has 0 unspecified atom stereocenters. The molecule has 0 saturated heterocycles. The first-order valence-electron chi connectivity index (χ1n) is 8.02. The van der Waals surface area contributed by atoms with Gasteiger partial charge in [0, 0.05) is 24.3 Å². The summed E-state index contributed by atoms with van der Waals surface area (Å²) in [5.74, 6) is 0.924. The number of hydrogen-bond donors (Lipinski definition) is 2. The van der Waals surface area contributed by atoms with E-state index in [1.54, 1.807) is 31.5 Å². The van der Waals surface area contributed by atoms with Crippen molar-refractivity contribution >= 4 is 5.91 Å². The number of hydrogen-bond acceptors (Lipinski definition) is 5. The lowest BCUT2D eigenvalue weighted by atomic mass is 10.2. The van der Waals surface area contributed by atoms with Crippen molar-refractivity contribution in [2.24, 2.45) is 5.73 Å². The van der Waals surface area contributed by atoms with Crippen molar-refractivity contribution in [3.8, 4) is 11.5 Å². The van der Waals surface area contributed by atoms with Gasteiger partial charge in [-0.3, -0.25) is 4.79 Å². The Balaban J connectivity index is 1.64. The lowest BCUT2D eigenvalue weighted by molar-refractivity contribution is 0.0949. The molecule has 24 heavy (non-hydrogen) atoms. The van der Waals surface area contributed by atoms with Crippen molar-refractivity contribution in [3.63, 3.8) is 0 Å². The van der Waals surface area contributed by atoms with E-state index in [0.29, 0.717) is 42.8 Å². The van der Waals surface area contributed by atoms with Gasteiger partial charge in [0.1, 0.15) is 6.61 Å². The summed E-state index contributed by atoms with van der Waals surface area (Å²) in [6, 6.07) is 5.64. The van der Waals surface area contributed by atoms with Gasteiger partial charge in [-0.15, -0.1) is 0 Å². The van der Waals surface area contributed by atoms with E-state index in [1.807, 2.05) is 6.33 Å². The molecule has 1 aliphatic rings. The second-order valence-electron chi connectivity index (χ2n) is 5.71. The Bertz CT molecular complexity index is 710. The van der Waals surface area contributed by atoms with Crippen LogP contribution >= 0.6 is 0 Å². The van der Waals surface area contributed by atoms with Crippen LogP contribution in [0.25, 0.3) is 0 Å². The van der Waals surface area contributed by atoms with Crippen LogP contribution in [0.4, 0.5) is 0 Å². The maximum absolute atomic E-state index is 12.4. The van der Waals surface area contributed by atoms with Gasteiger partial charge in [0.05, 0.1) is 25.7 Å². The number of nitrogens with two attached hydrogens (primary N) is 1. The van der Waals surface area contributed by atoms with Gasteiger partial charge in [0.25, 0.3) is 5.91 Å². The Labute approximate surface area is 140 Å². The molecule has 0 aliphatic heterocycles. The van der Waals surface area contributed by atoms with Gasteiger partial charge in [-0.1, -0.05) is 0 Å². The van der Waals surface area contributed by atoms with Crippen LogP contribution in [-0.4, -0.2) is 35.7 Å². The first-order chi connectivity index (χ1) is 11.7. The molecule has 7 heteroatoms. The molecule has 1 saturated carbocycles. The Kier molecular flexibility index (Phi) is 5.00. The van der Waals surface area contributed by atoms with Crippen molar-refractivity contribution in [1.82, 2.24) is 14.9 Å². The highest BCUT2D eigenvalue weighted by atomic mass is 16.5. The highest BCUT2D eigenvalue weighted by molar-refractivity contribution is 5.94. The van der Waals surface area contributed by atoms with Crippen LogP contribution in [0, 0.1) is 0 Å². The maximum Gasteiger partial charge on any atom is 0.251 e. The van der Waals surface area contributed by atoms with Crippen LogP contribution in [0.15, 0.2) is 30.7 Å². The Morgan fingerprint density at radius 1 is 1.42 bits per heavy atom. The highest BCUT2D eigenvalue weighted by Gasteiger charge is 2.25. The molecular formula is C17H22N4O3. The molecule has 1 amide bonds. The summed E-state index contributed by atoms with van der Waals surface area (Å²) in [5.41, 5.74) is 6.97. The van der Waals surface area contributed by atoms with Gasteiger partial charge in [-0.2, -0.15) is 0 Å². The van der Waals surface area contributed by atoms with Crippen LogP contribution in [0.2, 0.25) is 0 Å². The van der Waals surface area contributed by atoms with Gasteiger partial charge in [0.2, 0.25) is 0 Å². The fourth-order valence-corrected chi connectivity index (χ4v) is 2.52. The average molecular weight is 330 g/mol. The first-order valence-corrected chi connectivity index (χ1v) is 8.02. The van der Waals surface area contributed by atoms with E-state index < -0.39 is 0 Å². The molecule has 2 aromatic rings. The molecule has 0 bridgehead atoms. The number of methoxy groups -OCH3 is 1. The smallest absolute Gasteiger partial charge is 0.251 e. The number of carbonyl (C=O) groups excluding carboxylic acids is 1. The third kappa shape index (κ3) is 3.68.